The first-order chi connectivity index (χ1) is 8.41. The van der Waals surface area contributed by atoms with Gasteiger partial charge in [-0.15, -0.1) is 11.8 Å². The standard InChI is InChI=1S/C13H18O2S3/c1-9-5-7-11(8-6-9)18(14,15)13(17-4)10(2)12(13)16-3/h5-8,10,12H,1-4H3/t10-,12+,13?/m1/s1. The lowest BCUT2D eigenvalue weighted by atomic mass is 10.2. The zero-order valence-electron chi connectivity index (χ0n) is 11.0. The second kappa shape index (κ2) is 4.76. The Hall–Kier alpha value is -0.130. The molecule has 1 aliphatic rings. The molecule has 3 atom stereocenters. The number of sulfone groups is 1. The van der Waals surface area contributed by atoms with E-state index in [0.717, 1.165) is 5.56 Å². The van der Waals surface area contributed by atoms with E-state index in [1.807, 2.05) is 38.5 Å². The molecule has 1 fully saturated rings. The van der Waals surface area contributed by atoms with Crippen LogP contribution in [0.5, 0.6) is 0 Å². The Morgan fingerprint density at radius 3 is 2.11 bits per heavy atom. The highest BCUT2D eigenvalue weighted by molar-refractivity contribution is 8.17. The van der Waals surface area contributed by atoms with Gasteiger partial charge in [0.15, 0.2) is 9.84 Å². The molecule has 0 N–H and O–H groups in total. The summed E-state index contributed by atoms with van der Waals surface area (Å²) >= 11 is 3.13. The van der Waals surface area contributed by atoms with Crippen LogP contribution in [-0.4, -0.2) is 30.3 Å². The summed E-state index contributed by atoms with van der Waals surface area (Å²) in [6, 6.07) is 7.18. The number of rotatable bonds is 4. The fraction of sp³-hybridized carbons (Fsp3) is 0.538. The minimum atomic E-state index is -3.26. The third kappa shape index (κ3) is 1.82. The van der Waals surface area contributed by atoms with Crippen molar-refractivity contribution in [3.63, 3.8) is 0 Å². The maximum Gasteiger partial charge on any atom is 0.194 e. The maximum absolute atomic E-state index is 12.8. The summed E-state index contributed by atoms with van der Waals surface area (Å²) in [7, 11) is -3.26. The minimum absolute atomic E-state index is 0.193. The summed E-state index contributed by atoms with van der Waals surface area (Å²) in [4.78, 5) is 0.450. The zero-order valence-corrected chi connectivity index (χ0v) is 13.5. The Morgan fingerprint density at radius 1 is 1.17 bits per heavy atom. The smallest absolute Gasteiger partial charge is 0.194 e. The summed E-state index contributed by atoms with van der Waals surface area (Å²) in [6.45, 7) is 3.99. The molecule has 1 unspecified atom stereocenters. The number of hydrogen-bond acceptors (Lipinski definition) is 4. The average Bonchev–Trinajstić information content (AvgIpc) is 2.95. The predicted molar refractivity (Wildman–Crippen MR) is 81.1 cm³/mol. The first kappa shape index (κ1) is 14.3. The molecule has 0 amide bonds. The number of benzene rings is 1. The molecular weight excluding hydrogens is 284 g/mol. The van der Waals surface area contributed by atoms with E-state index < -0.39 is 13.9 Å². The van der Waals surface area contributed by atoms with Crippen LogP contribution in [-0.2, 0) is 9.84 Å². The summed E-state index contributed by atoms with van der Waals surface area (Å²) in [5.74, 6) is 0.203. The molecule has 1 saturated carbocycles. The van der Waals surface area contributed by atoms with Crippen LogP contribution in [0.4, 0.5) is 0 Å². The van der Waals surface area contributed by atoms with Crippen LogP contribution in [0.1, 0.15) is 12.5 Å². The lowest BCUT2D eigenvalue weighted by molar-refractivity contribution is 0.590. The van der Waals surface area contributed by atoms with Gasteiger partial charge < -0.3 is 0 Å². The van der Waals surface area contributed by atoms with Gasteiger partial charge in [-0.1, -0.05) is 24.6 Å². The second-order valence-electron chi connectivity index (χ2n) is 4.69. The van der Waals surface area contributed by atoms with Crippen molar-refractivity contribution in [2.75, 3.05) is 12.5 Å². The van der Waals surface area contributed by atoms with Gasteiger partial charge in [0, 0.05) is 11.2 Å². The predicted octanol–water partition coefficient (Wildman–Crippen LogP) is 3.21. The van der Waals surface area contributed by atoms with E-state index in [1.165, 1.54) is 11.8 Å². The number of thioether (sulfide) groups is 2. The largest absolute Gasteiger partial charge is 0.222 e. The molecule has 0 heterocycles. The molecule has 0 saturated heterocycles. The van der Waals surface area contributed by atoms with Crippen LogP contribution in [0.15, 0.2) is 29.2 Å². The molecular formula is C13H18O2S3. The van der Waals surface area contributed by atoms with Crippen molar-refractivity contribution in [3.05, 3.63) is 29.8 Å². The van der Waals surface area contributed by atoms with E-state index in [9.17, 15) is 8.42 Å². The SMILES string of the molecule is CS[C@H]1[C@@H](C)C1(SC)S(=O)(=O)c1ccc(C)cc1. The van der Waals surface area contributed by atoms with E-state index in [4.69, 9.17) is 0 Å². The van der Waals surface area contributed by atoms with Crippen LogP contribution in [0.2, 0.25) is 0 Å². The molecule has 1 aromatic carbocycles. The first-order valence-corrected chi connectivity index (χ1v) is 9.80. The van der Waals surface area contributed by atoms with Gasteiger partial charge in [0.25, 0.3) is 0 Å². The van der Waals surface area contributed by atoms with Crippen LogP contribution in [0, 0.1) is 12.8 Å². The minimum Gasteiger partial charge on any atom is -0.222 e. The Kier molecular flexibility index (Phi) is 3.78. The Bertz CT molecular complexity index is 536. The van der Waals surface area contributed by atoms with Gasteiger partial charge in [-0.05, 0) is 31.6 Å². The molecule has 0 aromatic heterocycles. The van der Waals surface area contributed by atoms with Gasteiger partial charge in [0.05, 0.1) is 4.90 Å². The number of hydrogen-bond donors (Lipinski definition) is 0. The van der Waals surface area contributed by atoms with Crippen molar-refractivity contribution in [2.45, 2.75) is 28.1 Å². The van der Waals surface area contributed by atoms with Gasteiger partial charge in [0.1, 0.15) is 4.08 Å². The second-order valence-corrected chi connectivity index (χ2v) is 9.16. The molecule has 1 aromatic rings. The zero-order chi connectivity index (χ0) is 13.6. The molecule has 18 heavy (non-hydrogen) atoms. The Labute approximate surface area is 118 Å². The molecule has 2 nitrogen and oxygen atoms in total. The van der Waals surface area contributed by atoms with Crippen LogP contribution >= 0.6 is 23.5 Å². The van der Waals surface area contributed by atoms with Gasteiger partial charge >= 0.3 is 0 Å². The topological polar surface area (TPSA) is 34.1 Å². The van der Waals surface area contributed by atoms with Crippen molar-refractivity contribution in [3.8, 4) is 0 Å². The van der Waals surface area contributed by atoms with Crippen molar-refractivity contribution in [1.29, 1.82) is 0 Å². The van der Waals surface area contributed by atoms with Crippen molar-refractivity contribution in [1.82, 2.24) is 0 Å². The van der Waals surface area contributed by atoms with Crippen molar-refractivity contribution < 1.29 is 8.42 Å². The van der Waals surface area contributed by atoms with Crippen LogP contribution in [0.3, 0.4) is 0 Å². The highest BCUT2D eigenvalue weighted by Crippen LogP contribution is 2.63. The average molecular weight is 302 g/mol. The summed E-state index contributed by atoms with van der Waals surface area (Å²) < 4.78 is 25.0. The van der Waals surface area contributed by atoms with Crippen molar-refractivity contribution >= 4 is 33.4 Å². The third-order valence-electron chi connectivity index (χ3n) is 3.70. The summed E-state index contributed by atoms with van der Waals surface area (Å²) in [6.07, 6.45) is 3.89. The fourth-order valence-corrected chi connectivity index (χ4v) is 9.02. The normalized spacial score (nSPS) is 31.3. The van der Waals surface area contributed by atoms with Gasteiger partial charge in [-0.3, -0.25) is 0 Å². The van der Waals surface area contributed by atoms with Crippen LogP contribution < -0.4 is 0 Å². The summed E-state index contributed by atoms with van der Waals surface area (Å²) in [5.41, 5.74) is 1.08. The van der Waals surface area contributed by atoms with Crippen molar-refractivity contribution in [2.24, 2.45) is 5.92 Å². The molecule has 0 aliphatic heterocycles. The molecule has 100 valence electrons. The van der Waals surface area contributed by atoms with Gasteiger partial charge in [-0.2, -0.15) is 11.8 Å². The summed E-state index contributed by atoms with van der Waals surface area (Å²) in [5, 5.41) is 0.193. The van der Waals surface area contributed by atoms with Gasteiger partial charge in [-0.25, -0.2) is 8.42 Å². The lowest BCUT2D eigenvalue weighted by Crippen LogP contribution is -2.24. The quantitative estimate of drug-likeness (QED) is 0.855. The highest BCUT2D eigenvalue weighted by atomic mass is 32.3. The lowest BCUT2D eigenvalue weighted by Gasteiger charge is -2.16. The first-order valence-electron chi connectivity index (χ1n) is 5.81. The highest BCUT2D eigenvalue weighted by Gasteiger charge is 2.70. The third-order valence-corrected chi connectivity index (χ3v) is 10.1. The monoisotopic (exact) mass is 302 g/mol. The maximum atomic E-state index is 12.8. The van der Waals surface area contributed by atoms with Gasteiger partial charge in [0.2, 0.25) is 0 Å². The van der Waals surface area contributed by atoms with E-state index in [-0.39, 0.29) is 11.2 Å². The molecule has 2 rings (SSSR count). The number of aryl methyl sites for hydroxylation is 1. The molecule has 0 radical (unpaired) electrons. The molecule has 0 bridgehead atoms. The van der Waals surface area contributed by atoms with E-state index in [0.29, 0.717) is 4.90 Å². The van der Waals surface area contributed by atoms with E-state index in [2.05, 4.69) is 0 Å². The van der Waals surface area contributed by atoms with Crippen LogP contribution in [0.25, 0.3) is 0 Å². The molecule has 1 aliphatic carbocycles. The fourth-order valence-electron chi connectivity index (χ4n) is 2.54. The Balaban J connectivity index is 2.46. The molecule has 5 heteroatoms. The van der Waals surface area contributed by atoms with E-state index >= 15 is 0 Å². The van der Waals surface area contributed by atoms with E-state index in [1.54, 1.807) is 23.9 Å². The molecule has 0 spiro atoms. The Morgan fingerprint density at radius 2 is 1.72 bits per heavy atom.